The number of aromatic nitrogens is 2. The van der Waals surface area contributed by atoms with Crippen LogP contribution in [0.25, 0.3) is 71.1 Å². The summed E-state index contributed by atoms with van der Waals surface area (Å²) in [5, 5.41) is 7.68. The first kappa shape index (κ1) is 23.0. The summed E-state index contributed by atoms with van der Waals surface area (Å²) in [4.78, 5) is 4.75. The van der Waals surface area contributed by atoms with Gasteiger partial charge in [-0.3, -0.25) is 4.98 Å². The Balaban J connectivity index is 1.53. The van der Waals surface area contributed by atoms with E-state index in [1.807, 2.05) is 34.9 Å². The van der Waals surface area contributed by atoms with Crippen LogP contribution in [0.1, 0.15) is 11.1 Å². The smallest absolute Gasteiger partial charge is 0.308 e. The normalized spacial score (nSPS) is 12.5. The quantitative estimate of drug-likeness (QED) is 0.205. The van der Waals surface area contributed by atoms with Crippen molar-refractivity contribution in [1.82, 2.24) is 9.55 Å². The van der Waals surface area contributed by atoms with Gasteiger partial charge in [-0.25, -0.2) is 0 Å². The van der Waals surface area contributed by atoms with E-state index in [1.165, 1.54) is 28.5 Å². The summed E-state index contributed by atoms with van der Waals surface area (Å²) >= 11 is 0. The zero-order valence-corrected chi connectivity index (χ0v) is 21.4. The van der Waals surface area contributed by atoms with Crippen LogP contribution in [0.15, 0.2) is 109 Å². The number of hydrogen-bond acceptors (Lipinski definition) is 1. The molecule has 0 N–H and O–H groups in total. The van der Waals surface area contributed by atoms with Crippen LogP contribution in [-0.4, -0.2) is 9.55 Å². The van der Waals surface area contributed by atoms with Crippen LogP contribution in [0.4, 0.5) is 13.2 Å². The van der Waals surface area contributed by atoms with Crippen molar-refractivity contribution in [2.45, 2.75) is 13.1 Å². The van der Waals surface area contributed by atoms with Crippen LogP contribution in [0.3, 0.4) is 0 Å². The maximum Gasteiger partial charge on any atom is 0.416 e. The van der Waals surface area contributed by atoms with Crippen molar-refractivity contribution in [3.05, 3.63) is 120 Å². The van der Waals surface area contributed by atoms with E-state index in [9.17, 15) is 13.2 Å². The lowest BCUT2D eigenvalue weighted by Crippen LogP contribution is -2.07. The van der Waals surface area contributed by atoms with Gasteiger partial charge in [0.05, 0.1) is 22.1 Å². The second kappa shape index (κ2) is 8.06. The second-order valence-corrected chi connectivity index (χ2v) is 10.4. The Kier molecular flexibility index (Phi) is 4.64. The van der Waals surface area contributed by atoms with Crippen molar-refractivity contribution in [3.63, 3.8) is 0 Å². The molecule has 0 aliphatic rings. The molecule has 5 heteroatoms. The molecule has 0 saturated carbocycles. The molecule has 8 aromatic rings. The fourth-order valence-corrected chi connectivity index (χ4v) is 6.39. The number of benzene rings is 6. The highest BCUT2D eigenvalue weighted by molar-refractivity contribution is 6.33. The molecule has 192 valence electrons. The van der Waals surface area contributed by atoms with Gasteiger partial charge in [0.2, 0.25) is 0 Å². The van der Waals surface area contributed by atoms with Crippen LogP contribution in [0.5, 0.6) is 0 Å². The van der Waals surface area contributed by atoms with E-state index >= 15 is 0 Å². The number of rotatable bonds is 2. The highest BCUT2D eigenvalue weighted by Crippen LogP contribution is 2.45. The minimum atomic E-state index is -4.44. The molecule has 8 rings (SSSR count). The molecule has 0 spiro atoms. The maximum atomic E-state index is 13.8. The molecule has 2 aromatic heterocycles. The molecule has 0 radical (unpaired) electrons. The van der Waals surface area contributed by atoms with Crippen LogP contribution in [-0.2, 0) is 6.18 Å². The lowest BCUT2D eigenvalue weighted by atomic mass is 9.89. The van der Waals surface area contributed by atoms with Gasteiger partial charge in [-0.1, -0.05) is 66.7 Å². The number of nitrogens with zero attached hydrogens (tertiary/aromatic N) is 2. The molecule has 0 unspecified atom stereocenters. The summed E-state index contributed by atoms with van der Waals surface area (Å²) in [6.07, 6.45) is -2.69. The summed E-state index contributed by atoms with van der Waals surface area (Å²) in [6, 6.07) is 33.4. The van der Waals surface area contributed by atoms with E-state index in [0.717, 1.165) is 49.0 Å². The van der Waals surface area contributed by atoms with E-state index in [2.05, 4.69) is 54.6 Å². The maximum absolute atomic E-state index is 13.8. The predicted octanol–water partition coefficient (Wildman–Crippen LogP) is 10.1. The number of pyridine rings is 1. The molecule has 0 amide bonds. The van der Waals surface area contributed by atoms with Crippen molar-refractivity contribution in [3.8, 4) is 16.8 Å². The fourth-order valence-electron chi connectivity index (χ4n) is 6.39. The van der Waals surface area contributed by atoms with Gasteiger partial charge in [0.15, 0.2) is 0 Å². The Morgan fingerprint density at radius 2 is 1.40 bits per heavy atom. The first-order valence-electron chi connectivity index (χ1n) is 13.1. The SMILES string of the molecule is Cc1cc(-n2c3cccnc3c3c4ccc5ccc(-c6ccccc6)c6ccc(cc32)c4c56)cc(C(F)(F)F)c1. The van der Waals surface area contributed by atoms with E-state index in [-0.39, 0.29) is 0 Å². The largest absolute Gasteiger partial charge is 0.416 e. The van der Waals surface area contributed by atoms with Crippen LogP contribution in [0, 0.1) is 6.92 Å². The number of fused-ring (bicyclic) bond motifs is 4. The van der Waals surface area contributed by atoms with Gasteiger partial charge in [0.25, 0.3) is 0 Å². The molecule has 40 heavy (non-hydrogen) atoms. The zero-order chi connectivity index (χ0) is 27.2. The fraction of sp³-hybridized carbons (Fsp3) is 0.0571. The topological polar surface area (TPSA) is 17.8 Å². The Hall–Kier alpha value is -4.90. The van der Waals surface area contributed by atoms with Crippen LogP contribution >= 0.6 is 0 Å². The second-order valence-electron chi connectivity index (χ2n) is 10.4. The molecule has 2 nitrogen and oxygen atoms in total. The van der Waals surface area contributed by atoms with Gasteiger partial charge in [0.1, 0.15) is 0 Å². The van der Waals surface area contributed by atoms with Crippen molar-refractivity contribution in [2.24, 2.45) is 0 Å². The van der Waals surface area contributed by atoms with Crippen molar-refractivity contribution in [1.29, 1.82) is 0 Å². The summed E-state index contributed by atoms with van der Waals surface area (Å²) < 4.78 is 43.4. The summed E-state index contributed by atoms with van der Waals surface area (Å²) in [7, 11) is 0. The van der Waals surface area contributed by atoms with Crippen molar-refractivity contribution >= 4 is 54.3 Å². The Morgan fingerprint density at radius 1 is 0.650 bits per heavy atom. The van der Waals surface area contributed by atoms with E-state index in [1.54, 1.807) is 19.2 Å². The predicted molar refractivity (Wildman–Crippen MR) is 157 cm³/mol. The molecular weight excluding hydrogens is 505 g/mol. The highest BCUT2D eigenvalue weighted by Gasteiger charge is 2.31. The Bertz CT molecular complexity index is 2260. The van der Waals surface area contributed by atoms with E-state index < -0.39 is 11.7 Å². The standard InChI is InChI=1S/C35H21F3N2/c1-20-16-24(35(36,37)38)19-25(17-20)40-29-8-5-15-39-34(29)33-28-14-10-22-9-12-26(21-6-3-2-4-7-21)27-13-11-23(18-30(33)40)32(28)31(22)27/h2-19H,1H3. The molecule has 0 saturated heterocycles. The third-order valence-corrected chi connectivity index (χ3v) is 8.00. The lowest BCUT2D eigenvalue weighted by molar-refractivity contribution is -0.137. The summed E-state index contributed by atoms with van der Waals surface area (Å²) in [6.45, 7) is 1.70. The Labute approximate surface area is 227 Å². The number of halogens is 3. The zero-order valence-electron chi connectivity index (χ0n) is 21.4. The minimum absolute atomic E-state index is 0.472. The first-order valence-corrected chi connectivity index (χ1v) is 13.1. The van der Waals surface area contributed by atoms with Gasteiger partial charge in [-0.15, -0.1) is 0 Å². The molecule has 0 bridgehead atoms. The minimum Gasteiger partial charge on any atom is -0.308 e. The molecule has 0 fully saturated rings. The highest BCUT2D eigenvalue weighted by atomic mass is 19.4. The van der Waals surface area contributed by atoms with Crippen LogP contribution < -0.4 is 0 Å². The average molecular weight is 527 g/mol. The monoisotopic (exact) mass is 526 g/mol. The van der Waals surface area contributed by atoms with E-state index in [4.69, 9.17) is 4.98 Å². The number of hydrogen-bond donors (Lipinski definition) is 0. The van der Waals surface area contributed by atoms with Gasteiger partial charge >= 0.3 is 6.18 Å². The number of aryl methyl sites for hydroxylation is 1. The van der Waals surface area contributed by atoms with Gasteiger partial charge in [-0.05, 0) is 92.3 Å². The molecule has 6 aromatic carbocycles. The third-order valence-electron chi connectivity index (χ3n) is 8.00. The summed E-state index contributed by atoms with van der Waals surface area (Å²) in [5.74, 6) is 0. The molecule has 0 atom stereocenters. The first-order chi connectivity index (χ1) is 19.4. The van der Waals surface area contributed by atoms with Gasteiger partial charge < -0.3 is 4.57 Å². The molecule has 2 heterocycles. The number of alkyl halides is 3. The van der Waals surface area contributed by atoms with Gasteiger partial charge in [-0.2, -0.15) is 13.2 Å². The van der Waals surface area contributed by atoms with Crippen molar-refractivity contribution < 1.29 is 13.2 Å². The van der Waals surface area contributed by atoms with Gasteiger partial charge in [0, 0.05) is 17.3 Å². The van der Waals surface area contributed by atoms with Crippen molar-refractivity contribution in [2.75, 3.05) is 0 Å². The lowest BCUT2D eigenvalue weighted by Gasteiger charge is -2.16. The average Bonchev–Trinajstić information content (AvgIpc) is 3.29. The summed E-state index contributed by atoms with van der Waals surface area (Å²) in [5.41, 5.74) is 5.07. The van der Waals surface area contributed by atoms with Crippen LogP contribution in [0.2, 0.25) is 0 Å². The molecule has 0 aliphatic carbocycles. The Morgan fingerprint density at radius 3 is 2.23 bits per heavy atom. The molecule has 0 aliphatic heterocycles. The third kappa shape index (κ3) is 3.21. The van der Waals surface area contributed by atoms with E-state index in [0.29, 0.717) is 11.3 Å². The molecular formula is C35H21F3N2.